The monoisotopic (exact) mass is 343 g/mol. The van der Waals surface area contributed by atoms with Gasteiger partial charge in [0.2, 0.25) is 6.29 Å². The lowest BCUT2D eigenvalue weighted by Crippen LogP contribution is -2.58. The minimum atomic E-state index is -1.33. The van der Waals surface area contributed by atoms with Crippen molar-refractivity contribution in [1.82, 2.24) is 5.32 Å². The highest BCUT2D eigenvalue weighted by molar-refractivity contribution is 7.80. The average molecular weight is 343 g/mol. The van der Waals surface area contributed by atoms with Gasteiger partial charge in [-0.2, -0.15) is 0 Å². The van der Waals surface area contributed by atoms with Crippen LogP contribution >= 0.6 is 12.2 Å². The Bertz CT molecular complexity index is 525. The number of rotatable bonds is 4. The van der Waals surface area contributed by atoms with Gasteiger partial charge in [-0.1, -0.05) is 12.1 Å². The topological polar surface area (TPSA) is 100 Å². The van der Waals surface area contributed by atoms with Crippen molar-refractivity contribution in [3.8, 4) is 5.75 Å². The van der Waals surface area contributed by atoms with E-state index in [9.17, 15) is 15.3 Å². The Hall–Kier alpha value is -1.45. The number of ether oxygens (including phenoxy) is 3. The fourth-order valence-electron chi connectivity index (χ4n) is 2.18. The third kappa shape index (κ3) is 4.52. The number of benzene rings is 1. The van der Waals surface area contributed by atoms with Crippen molar-refractivity contribution in [2.45, 2.75) is 44.2 Å². The molecule has 0 aromatic heterocycles. The average Bonchev–Trinajstić information content (AvgIpc) is 2.56. The second kappa shape index (κ2) is 7.89. The predicted molar refractivity (Wildman–Crippen MR) is 85.9 cm³/mol. The molecule has 5 atom stereocenters. The molecule has 4 N–H and O–H groups in total. The van der Waals surface area contributed by atoms with Gasteiger partial charge in [0.25, 0.3) is 5.17 Å². The molecule has 0 bridgehead atoms. The third-order valence-electron chi connectivity index (χ3n) is 3.61. The minimum Gasteiger partial charge on any atom is -0.474 e. The predicted octanol–water partition coefficient (Wildman–Crippen LogP) is -0.0862. The van der Waals surface area contributed by atoms with Crippen LogP contribution in [0.4, 0.5) is 0 Å². The molecule has 1 aromatic rings. The van der Waals surface area contributed by atoms with E-state index in [1.54, 1.807) is 19.1 Å². The van der Waals surface area contributed by atoms with E-state index in [1.807, 2.05) is 12.1 Å². The number of thiocarbonyl (C=S) groups is 1. The summed E-state index contributed by atoms with van der Waals surface area (Å²) in [6.45, 7) is 2.11. The smallest absolute Gasteiger partial charge is 0.256 e. The van der Waals surface area contributed by atoms with Crippen molar-refractivity contribution in [3.05, 3.63) is 29.8 Å². The van der Waals surface area contributed by atoms with Crippen molar-refractivity contribution >= 4 is 17.4 Å². The number of aliphatic hydroxyl groups is 3. The normalized spacial score (nSPS) is 30.6. The molecule has 0 amide bonds. The molecule has 1 saturated heterocycles. The van der Waals surface area contributed by atoms with Crippen LogP contribution in [0.25, 0.3) is 0 Å². The van der Waals surface area contributed by atoms with E-state index in [0.29, 0.717) is 17.5 Å². The summed E-state index contributed by atoms with van der Waals surface area (Å²) >= 11 is 4.89. The lowest BCUT2D eigenvalue weighted by atomic mass is 10.00. The molecule has 0 radical (unpaired) electrons. The van der Waals surface area contributed by atoms with Gasteiger partial charge in [-0.3, -0.25) is 0 Å². The molecule has 23 heavy (non-hydrogen) atoms. The van der Waals surface area contributed by atoms with Crippen LogP contribution in [-0.4, -0.2) is 58.3 Å². The fraction of sp³-hybridized carbons (Fsp3) is 0.533. The summed E-state index contributed by atoms with van der Waals surface area (Å²) in [5, 5.41) is 32.5. The lowest BCUT2D eigenvalue weighted by molar-refractivity contribution is -0.268. The highest BCUT2D eigenvalue weighted by atomic mass is 32.1. The van der Waals surface area contributed by atoms with E-state index < -0.39 is 30.7 Å². The molecule has 1 aliphatic heterocycles. The molecule has 0 aliphatic carbocycles. The molecule has 8 heteroatoms. The van der Waals surface area contributed by atoms with Crippen LogP contribution in [0.1, 0.15) is 12.5 Å². The van der Waals surface area contributed by atoms with Crippen molar-refractivity contribution < 1.29 is 29.5 Å². The highest BCUT2D eigenvalue weighted by Crippen LogP contribution is 2.24. The Morgan fingerprint density at radius 2 is 1.83 bits per heavy atom. The summed E-state index contributed by atoms with van der Waals surface area (Å²) in [5.74, 6) is 0.475. The molecular formula is C15H21NO6S. The first-order valence-corrected chi connectivity index (χ1v) is 7.60. The van der Waals surface area contributed by atoms with Gasteiger partial charge in [0, 0.05) is 6.54 Å². The first kappa shape index (κ1) is 17.9. The molecule has 5 unspecified atom stereocenters. The summed E-state index contributed by atoms with van der Waals surface area (Å²) in [6, 6.07) is 7.07. The van der Waals surface area contributed by atoms with Crippen LogP contribution in [0.5, 0.6) is 5.75 Å². The molecule has 0 spiro atoms. The van der Waals surface area contributed by atoms with E-state index in [-0.39, 0.29) is 0 Å². The van der Waals surface area contributed by atoms with E-state index in [2.05, 4.69) is 5.32 Å². The largest absolute Gasteiger partial charge is 0.474 e. The Balaban J connectivity index is 1.94. The molecule has 0 saturated carbocycles. The van der Waals surface area contributed by atoms with Crippen LogP contribution in [0.15, 0.2) is 24.3 Å². The molecular weight excluding hydrogens is 322 g/mol. The summed E-state index contributed by atoms with van der Waals surface area (Å²) in [4.78, 5) is 0. The highest BCUT2D eigenvalue weighted by Gasteiger charge is 2.43. The second-order valence-corrected chi connectivity index (χ2v) is 5.66. The van der Waals surface area contributed by atoms with Crippen LogP contribution in [-0.2, 0) is 16.0 Å². The summed E-state index contributed by atoms with van der Waals surface area (Å²) < 4.78 is 15.8. The first-order valence-electron chi connectivity index (χ1n) is 7.19. The standard InChI is InChI=1S/C15H21NO6S/c1-8-11(17)12(18)13(19)14(21-8)22-10-5-3-9(4-6-10)7-16-15(23)20-2/h3-6,8,11-14,17-19H,7H2,1-2H3,(H,16,23). The fourth-order valence-corrected chi connectivity index (χ4v) is 2.25. The van der Waals surface area contributed by atoms with Crippen LogP contribution < -0.4 is 10.1 Å². The Kier molecular flexibility index (Phi) is 6.14. The van der Waals surface area contributed by atoms with Gasteiger partial charge in [0.15, 0.2) is 0 Å². The van der Waals surface area contributed by atoms with Gasteiger partial charge in [-0.25, -0.2) is 0 Å². The van der Waals surface area contributed by atoms with Crippen molar-refractivity contribution in [2.24, 2.45) is 0 Å². The van der Waals surface area contributed by atoms with Crippen molar-refractivity contribution in [3.63, 3.8) is 0 Å². The number of methoxy groups -OCH3 is 1. The zero-order valence-corrected chi connectivity index (χ0v) is 13.7. The van der Waals surface area contributed by atoms with E-state index in [1.165, 1.54) is 7.11 Å². The molecule has 1 aliphatic rings. The van der Waals surface area contributed by atoms with Crippen LogP contribution in [0.3, 0.4) is 0 Å². The van der Waals surface area contributed by atoms with Crippen LogP contribution in [0.2, 0.25) is 0 Å². The van der Waals surface area contributed by atoms with Gasteiger partial charge in [0.1, 0.15) is 24.1 Å². The van der Waals surface area contributed by atoms with Gasteiger partial charge in [-0.15, -0.1) is 0 Å². The number of hydrogen-bond acceptors (Lipinski definition) is 7. The Morgan fingerprint density at radius 1 is 1.17 bits per heavy atom. The maximum absolute atomic E-state index is 9.92. The SMILES string of the molecule is COC(=S)NCc1ccc(OC2OC(C)C(O)C(O)C2O)cc1. The molecule has 1 aromatic carbocycles. The number of hydrogen-bond donors (Lipinski definition) is 4. The summed E-state index contributed by atoms with van der Waals surface area (Å²) in [5.41, 5.74) is 0.964. The Morgan fingerprint density at radius 3 is 2.43 bits per heavy atom. The van der Waals surface area contributed by atoms with Gasteiger partial charge < -0.3 is 34.8 Å². The zero-order valence-electron chi connectivity index (χ0n) is 12.9. The molecule has 128 valence electrons. The quantitative estimate of drug-likeness (QED) is 0.563. The van der Waals surface area contributed by atoms with Crippen molar-refractivity contribution in [1.29, 1.82) is 0 Å². The van der Waals surface area contributed by atoms with Gasteiger partial charge >= 0.3 is 0 Å². The molecule has 7 nitrogen and oxygen atoms in total. The molecule has 1 heterocycles. The van der Waals surface area contributed by atoms with Gasteiger partial charge in [0.05, 0.1) is 13.2 Å². The van der Waals surface area contributed by atoms with E-state index in [0.717, 1.165) is 5.56 Å². The second-order valence-electron chi connectivity index (χ2n) is 5.29. The number of aliphatic hydroxyl groups excluding tert-OH is 3. The lowest BCUT2D eigenvalue weighted by Gasteiger charge is -2.38. The minimum absolute atomic E-state index is 0.311. The summed E-state index contributed by atoms with van der Waals surface area (Å²) in [7, 11) is 1.49. The third-order valence-corrected chi connectivity index (χ3v) is 3.92. The van der Waals surface area contributed by atoms with E-state index >= 15 is 0 Å². The molecule has 1 fully saturated rings. The molecule has 2 rings (SSSR count). The number of nitrogens with one attached hydrogen (secondary N) is 1. The maximum atomic E-state index is 9.92. The Labute approximate surface area is 139 Å². The van der Waals surface area contributed by atoms with E-state index in [4.69, 9.17) is 26.4 Å². The van der Waals surface area contributed by atoms with Crippen molar-refractivity contribution in [2.75, 3.05) is 7.11 Å². The van der Waals surface area contributed by atoms with Gasteiger partial charge in [-0.05, 0) is 36.8 Å². The first-order chi connectivity index (χ1) is 10.9. The maximum Gasteiger partial charge on any atom is 0.256 e. The summed E-state index contributed by atoms with van der Waals surface area (Å²) in [6.07, 6.45) is -5.49. The zero-order chi connectivity index (χ0) is 17.0. The van der Waals surface area contributed by atoms with Crippen LogP contribution in [0, 0.1) is 0 Å².